The third-order valence-corrected chi connectivity index (χ3v) is 18.6. The van der Waals surface area contributed by atoms with Gasteiger partial charge in [0.2, 0.25) is 0 Å². The van der Waals surface area contributed by atoms with Gasteiger partial charge < -0.3 is 4.74 Å². The van der Waals surface area contributed by atoms with Crippen LogP contribution in [0.4, 0.5) is 0 Å². The zero-order valence-corrected chi connectivity index (χ0v) is 44.5. The summed E-state index contributed by atoms with van der Waals surface area (Å²) in [6, 6.07) is 32.8. The fraction of sp³-hybridized carbons (Fsp3) is 0.291. The zero-order valence-electron chi connectivity index (χ0n) is 38.8. The fourth-order valence-corrected chi connectivity index (χ4v) is 17.8. The standard InChI is InChI=1S/C48H50GeS2.C4H8O.3CO.Mo/c1-27-19-31(5)43(32(6)20-27)39-15-13-16-40(44-33(7)21-28(2)22-34(44)8)47(39)50-49-51-48-41(45-35(9)23-29(3)24-36(45)10)17-14-18-42(48)46-37(11)25-30(4)26-38(46)12;1-2-4-5-3-1;3*1-2;/h13-26H,1-12H3;1-4H2;;;;. The number of hydrogen-bond acceptors (Lipinski definition) is 3. The quantitative estimate of drug-likeness (QED) is 0.0866. The van der Waals surface area contributed by atoms with E-state index < -0.39 is 13.1 Å². The SMILES string of the molecule is C1CCOC1.Cc1cc(C)c(-c2cccc(-c3c(C)cc(C)cc3C)c2[S][Ge][S]c2c(-c3c(C)cc(C)cc3C)cccc2-c2c(C)cc(C)cc2C)c(C)c1.[C-]#[O+].[C-]#[O+].[C-]#[O+].[Mo]. The maximum Gasteiger partial charge on any atom is 0 e. The number of aryl methyl sites for hydroxylation is 12. The molecule has 7 rings (SSSR count). The molecular weight excluding hydrogens is 957 g/mol. The van der Waals surface area contributed by atoms with Crippen LogP contribution in [0.2, 0.25) is 0 Å². The van der Waals surface area contributed by atoms with Gasteiger partial charge in [0.15, 0.2) is 0 Å². The summed E-state index contributed by atoms with van der Waals surface area (Å²) in [6.07, 6.45) is 2.56. The molecule has 0 saturated carbocycles. The Balaban J connectivity index is 0.00000102. The number of benzene rings is 6. The van der Waals surface area contributed by atoms with Crippen molar-refractivity contribution in [3.8, 4) is 44.5 Å². The Morgan fingerprint density at radius 1 is 0.397 bits per heavy atom. The Labute approximate surface area is 405 Å². The van der Waals surface area contributed by atoms with Gasteiger partial charge >= 0.3 is 356 Å². The normalized spacial score (nSPS) is 11.2. The average Bonchev–Trinajstić information content (AvgIpc) is 3.81. The maximum absolute atomic E-state index is 7.50. The van der Waals surface area contributed by atoms with Crippen molar-refractivity contribution in [3.63, 3.8) is 0 Å². The predicted octanol–water partition coefficient (Wildman–Crippen LogP) is 15.2. The smallest absolute Gasteiger partial charge is 0 e. The summed E-state index contributed by atoms with van der Waals surface area (Å²) >= 11 is -0.619. The second kappa shape index (κ2) is 27.0. The molecule has 0 aromatic heterocycles. The topological polar surface area (TPSA) is 68.9 Å². The molecule has 0 spiro atoms. The maximum atomic E-state index is 7.50. The number of hydrogen-bond donors (Lipinski definition) is 0. The summed E-state index contributed by atoms with van der Waals surface area (Å²) in [6.45, 7) is 42.6. The second-order valence-corrected chi connectivity index (χ2v) is 23.7. The summed E-state index contributed by atoms with van der Waals surface area (Å²) in [4.78, 5) is 2.83. The molecule has 6 aromatic rings. The molecule has 63 heavy (non-hydrogen) atoms. The van der Waals surface area contributed by atoms with E-state index in [0.29, 0.717) is 0 Å². The largest absolute Gasteiger partial charge is 0 e. The molecular formula is C55H58GeMoO4S2. The predicted molar refractivity (Wildman–Crippen MR) is 261 cm³/mol. The van der Waals surface area contributed by atoms with Gasteiger partial charge in [-0.1, -0.05) is 0 Å². The van der Waals surface area contributed by atoms with E-state index in [2.05, 4.69) is 208 Å². The molecule has 1 aliphatic rings. The first kappa shape index (κ1) is 55.6. The summed E-state index contributed by atoms with van der Waals surface area (Å²) in [7, 11) is 4.24. The zero-order chi connectivity index (χ0) is 46.3. The third kappa shape index (κ3) is 14.0. The van der Waals surface area contributed by atoms with Gasteiger partial charge in [-0.15, -0.1) is 0 Å². The molecule has 324 valence electrons. The molecule has 0 atom stereocenters. The molecule has 0 amide bonds. The Kier molecular flexibility index (Phi) is 23.8. The van der Waals surface area contributed by atoms with Gasteiger partial charge in [0.25, 0.3) is 0 Å². The van der Waals surface area contributed by atoms with Crippen LogP contribution in [0.25, 0.3) is 44.5 Å². The van der Waals surface area contributed by atoms with E-state index in [1.807, 2.05) is 0 Å². The monoisotopic (exact) mass is 1020 g/mol. The van der Waals surface area contributed by atoms with Crippen LogP contribution in [0, 0.1) is 103 Å². The molecule has 1 heterocycles. The first-order valence-electron chi connectivity index (χ1n) is 20.6. The molecule has 8 heteroatoms. The van der Waals surface area contributed by atoms with Crippen molar-refractivity contribution in [2.24, 2.45) is 0 Å². The van der Waals surface area contributed by atoms with Crippen molar-refractivity contribution < 1.29 is 39.8 Å². The Morgan fingerprint density at radius 3 is 0.778 bits per heavy atom. The molecule has 4 nitrogen and oxygen atoms in total. The van der Waals surface area contributed by atoms with E-state index in [-0.39, 0.29) is 21.1 Å². The minimum atomic E-state index is -0.619. The van der Waals surface area contributed by atoms with Crippen LogP contribution in [-0.4, -0.2) is 26.4 Å². The number of rotatable bonds is 8. The van der Waals surface area contributed by atoms with Crippen LogP contribution < -0.4 is 0 Å². The van der Waals surface area contributed by atoms with Crippen LogP contribution in [0.3, 0.4) is 0 Å². The minimum Gasteiger partial charge on any atom is 0 e. The van der Waals surface area contributed by atoms with Crippen molar-refractivity contribution in [3.05, 3.63) is 172 Å². The molecule has 6 aromatic carbocycles. The molecule has 0 N–H and O–H groups in total. The van der Waals surface area contributed by atoms with E-state index in [1.54, 1.807) is 0 Å². The second-order valence-electron chi connectivity index (χ2n) is 16.1. The molecule has 1 fully saturated rings. The average molecular weight is 1020 g/mol. The summed E-state index contributed by atoms with van der Waals surface area (Å²) < 4.78 is 27.4. The molecule has 0 unspecified atom stereocenters. The molecule has 0 bridgehead atoms. The van der Waals surface area contributed by atoms with Gasteiger partial charge in [-0.25, -0.2) is 0 Å². The van der Waals surface area contributed by atoms with Crippen LogP contribution in [0.15, 0.2) is 94.7 Å². The molecule has 1 aliphatic heterocycles. The van der Waals surface area contributed by atoms with Gasteiger partial charge in [0, 0.05) is 34.3 Å². The van der Waals surface area contributed by atoms with Crippen LogP contribution in [0.5, 0.6) is 0 Å². The minimum absolute atomic E-state index is 0. The van der Waals surface area contributed by atoms with E-state index in [4.69, 9.17) is 18.7 Å². The Morgan fingerprint density at radius 2 is 0.603 bits per heavy atom. The first-order chi connectivity index (χ1) is 29.7. The molecule has 2 radical (unpaired) electrons. The summed E-state index contributed by atoms with van der Waals surface area (Å²) in [5, 5.41) is 0. The van der Waals surface area contributed by atoms with Crippen molar-refractivity contribution in [2.75, 3.05) is 13.2 Å². The summed E-state index contributed by atoms with van der Waals surface area (Å²) in [5.41, 5.74) is 27.0. The van der Waals surface area contributed by atoms with Crippen LogP contribution in [0.1, 0.15) is 79.6 Å². The Bertz CT molecular complexity index is 2140. The van der Waals surface area contributed by atoms with Gasteiger partial charge in [-0.3, -0.25) is 0 Å². The van der Waals surface area contributed by atoms with E-state index in [0.717, 1.165) is 13.2 Å². The van der Waals surface area contributed by atoms with Gasteiger partial charge in [0.1, 0.15) is 0 Å². The first-order valence-corrected chi connectivity index (χ1v) is 27.4. The van der Waals surface area contributed by atoms with Gasteiger partial charge in [0.05, 0.1) is 0 Å². The van der Waals surface area contributed by atoms with E-state index in [9.17, 15) is 0 Å². The van der Waals surface area contributed by atoms with E-state index in [1.165, 1.54) is 134 Å². The number of ether oxygens (including phenoxy) is 1. The van der Waals surface area contributed by atoms with Crippen molar-refractivity contribution in [2.45, 2.75) is 106 Å². The van der Waals surface area contributed by atoms with Gasteiger partial charge in [-0.2, -0.15) is 0 Å². The third-order valence-electron chi connectivity index (χ3n) is 10.9. The fourth-order valence-electron chi connectivity index (χ4n) is 9.12. The molecule has 1 saturated heterocycles. The van der Waals surface area contributed by atoms with Crippen LogP contribution >= 0.6 is 20.2 Å². The van der Waals surface area contributed by atoms with Crippen LogP contribution in [-0.2, 0) is 39.8 Å². The summed E-state index contributed by atoms with van der Waals surface area (Å²) in [5.74, 6) is 0. The van der Waals surface area contributed by atoms with E-state index >= 15 is 0 Å². The van der Waals surface area contributed by atoms with Gasteiger partial charge in [-0.05, 0) is 12.8 Å². The van der Waals surface area contributed by atoms with Crippen molar-refractivity contribution >= 4 is 33.3 Å². The molecule has 0 aliphatic carbocycles. The van der Waals surface area contributed by atoms with Crippen molar-refractivity contribution in [1.82, 2.24) is 0 Å². The Hall–Kier alpha value is -3.57. The van der Waals surface area contributed by atoms with Crippen molar-refractivity contribution in [1.29, 1.82) is 0 Å².